The summed E-state index contributed by atoms with van der Waals surface area (Å²) in [7, 11) is 1.66. The van der Waals surface area contributed by atoms with Crippen LogP contribution in [0.1, 0.15) is 33.6 Å². The monoisotopic (exact) mass is 364 g/mol. The van der Waals surface area contributed by atoms with Crippen LogP contribution in [0.2, 0.25) is 0 Å². The Hall–Kier alpha value is -1.20. The summed E-state index contributed by atoms with van der Waals surface area (Å²) in [6.07, 6.45) is 2.36. The van der Waals surface area contributed by atoms with Crippen molar-refractivity contribution in [3.8, 4) is 5.75 Å². The molecule has 1 aromatic carbocycles. The average molecular weight is 365 g/mol. The van der Waals surface area contributed by atoms with E-state index in [1.54, 1.807) is 18.9 Å². The van der Waals surface area contributed by atoms with Crippen molar-refractivity contribution in [3.05, 3.63) is 24.3 Å². The van der Waals surface area contributed by atoms with E-state index in [0.717, 1.165) is 42.0 Å². The van der Waals surface area contributed by atoms with Gasteiger partial charge in [-0.15, -0.1) is 11.8 Å². The van der Waals surface area contributed by atoms with Crippen molar-refractivity contribution in [1.29, 1.82) is 0 Å². The van der Waals surface area contributed by atoms with Crippen molar-refractivity contribution >= 4 is 17.7 Å². The number of thioether (sulfide) groups is 1. The molecule has 0 aliphatic carbocycles. The predicted octanol–water partition coefficient (Wildman–Crippen LogP) is 3.66. The lowest BCUT2D eigenvalue weighted by molar-refractivity contribution is -0.120. The Morgan fingerprint density at radius 1 is 1.28 bits per heavy atom. The molecule has 4 nitrogen and oxygen atoms in total. The number of carbonyl (C=O) groups is 1. The maximum absolute atomic E-state index is 12.3. The predicted molar refractivity (Wildman–Crippen MR) is 105 cm³/mol. The van der Waals surface area contributed by atoms with E-state index in [2.05, 4.69) is 24.1 Å². The van der Waals surface area contributed by atoms with E-state index in [1.165, 1.54) is 19.5 Å². The van der Waals surface area contributed by atoms with Gasteiger partial charge >= 0.3 is 0 Å². The summed E-state index contributed by atoms with van der Waals surface area (Å²) in [6, 6.07) is 7.83. The summed E-state index contributed by atoms with van der Waals surface area (Å²) >= 11 is 1.58. The zero-order valence-corrected chi connectivity index (χ0v) is 16.8. The second-order valence-electron chi connectivity index (χ2n) is 7.29. The molecule has 1 aliphatic heterocycles. The molecule has 3 atom stereocenters. The number of carbonyl (C=O) groups excluding carboxylic acids is 1. The molecule has 0 radical (unpaired) electrons. The van der Waals surface area contributed by atoms with E-state index in [0.29, 0.717) is 0 Å². The third-order valence-corrected chi connectivity index (χ3v) is 5.75. The number of benzene rings is 1. The van der Waals surface area contributed by atoms with Crippen LogP contribution in [0.15, 0.2) is 29.2 Å². The minimum atomic E-state index is -0.0940. The third-order valence-electron chi connectivity index (χ3n) is 4.64. The number of piperidine rings is 1. The molecule has 0 aromatic heterocycles. The van der Waals surface area contributed by atoms with Gasteiger partial charge in [0.05, 0.1) is 12.4 Å². The molecule has 0 spiro atoms. The lowest BCUT2D eigenvalue weighted by Gasteiger charge is -2.34. The van der Waals surface area contributed by atoms with E-state index in [4.69, 9.17) is 4.74 Å². The summed E-state index contributed by atoms with van der Waals surface area (Å²) < 4.78 is 5.16. The molecule has 5 heteroatoms. The van der Waals surface area contributed by atoms with E-state index in [1.807, 2.05) is 31.2 Å². The van der Waals surface area contributed by atoms with Gasteiger partial charge in [-0.3, -0.25) is 4.79 Å². The second kappa shape index (κ2) is 10.1. The van der Waals surface area contributed by atoms with Gasteiger partial charge in [-0.25, -0.2) is 0 Å². The first-order valence-corrected chi connectivity index (χ1v) is 10.2. The van der Waals surface area contributed by atoms with Crippen LogP contribution in [0.25, 0.3) is 0 Å². The van der Waals surface area contributed by atoms with Crippen LogP contribution in [0.3, 0.4) is 0 Å². The number of likely N-dealkylation sites (tertiary alicyclic amines) is 1. The molecule has 1 amide bonds. The molecule has 1 heterocycles. The second-order valence-corrected chi connectivity index (χ2v) is 8.70. The summed E-state index contributed by atoms with van der Waals surface area (Å²) in [5.41, 5.74) is 0. The van der Waals surface area contributed by atoms with Gasteiger partial charge in [0.15, 0.2) is 0 Å². The third kappa shape index (κ3) is 6.90. The summed E-state index contributed by atoms with van der Waals surface area (Å²) in [4.78, 5) is 15.9. The van der Waals surface area contributed by atoms with Crippen LogP contribution >= 0.6 is 11.8 Å². The van der Waals surface area contributed by atoms with Gasteiger partial charge in [0.1, 0.15) is 5.75 Å². The number of nitrogens with one attached hydrogen (secondary N) is 1. The molecule has 1 saturated heterocycles. The van der Waals surface area contributed by atoms with Crippen molar-refractivity contribution < 1.29 is 9.53 Å². The fraction of sp³-hybridized carbons (Fsp3) is 0.650. The Balaban J connectivity index is 1.65. The van der Waals surface area contributed by atoms with Gasteiger partial charge in [-0.1, -0.05) is 13.8 Å². The Morgan fingerprint density at radius 2 is 1.92 bits per heavy atom. The van der Waals surface area contributed by atoms with Gasteiger partial charge in [0.2, 0.25) is 5.91 Å². The van der Waals surface area contributed by atoms with Crippen LogP contribution in [0, 0.1) is 11.8 Å². The Morgan fingerprint density at radius 3 is 2.52 bits per heavy atom. The van der Waals surface area contributed by atoms with Gasteiger partial charge in [-0.2, -0.15) is 0 Å². The summed E-state index contributed by atoms with van der Waals surface area (Å²) in [6.45, 7) is 10.9. The Kier molecular flexibility index (Phi) is 8.10. The first-order valence-electron chi connectivity index (χ1n) is 9.28. The molecule has 140 valence electrons. The topological polar surface area (TPSA) is 41.6 Å². The molecule has 0 bridgehead atoms. The van der Waals surface area contributed by atoms with Crippen molar-refractivity contribution in [2.24, 2.45) is 11.8 Å². The molecular formula is C20H32N2O2S. The summed E-state index contributed by atoms with van der Waals surface area (Å²) in [5.74, 6) is 2.53. The molecule has 2 rings (SSSR count). The highest BCUT2D eigenvalue weighted by Gasteiger charge is 2.21. The smallest absolute Gasteiger partial charge is 0.233 e. The maximum atomic E-state index is 12.3. The first-order chi connectivity index (χ1) is 12.0. The lowest BCUT2D eigenvalue weighted by atomic mass is 9.92. The van der Waals surface area contributed by atoms with Crippen LogP contribution in [-0.4, -0.2) is 49.3 Å². The minimum Gasteiger partial charge on any atom is -0.497 e. The Labute approximate surface area is 156 Å². The SMILES string of the molecule is COc1ccc(S[C@H](C)C(=O)NCCCN2C[C@H](C)C[C@@H](C)C2)cc1. The number of rotatable bonds is 8. The van der Waals surface area contributed by atoms with Crippen molar-refractivity contribution in [2.45, 2.75) is 43.8 Å². The zero-order chi connectivity index (χ0) is 18.2. The number of methoxy groups -OCH3 is 1. The molecule has 0 saturated carbocycles. The normalized spacial score (nSPS) is 22.4. The maximum Gasteiger partial charge on any atom is 0.233 e. The van der Waals surface area contributed by atoms with Crippen molar-refractivity contribution in [2.75, 3.05) is 33.3 Å². The summed E-state index contributed by atoms with van der Waals surface area (Å²) in [5, 5.41) is 2.98. The highest BCUT2D eigenvalue weighted by molar-refractivity contribution is 8.00. The highest BCUT2D eigenvalue weighted by atomic mass is 32.2. The first kappa shape index (κ1) is 20.1. The highest BCUT2D eigenvalue weighted by Crippen LogP contribution is 2.25. The number of amides is 1. The van der Waals surface area contributed by atoms with Gasteiger partial charge in [-0.05, 0) is 62.4 Å². The van der Waals surface area contributed by atoms with Crippen LogP contribution < -0.4 is 10.1 Å². The zero-order valence-electron chi connectivity index (χ0n) is 16.0. The molecule has 1 aromatic rings. The molecule has 1 fully saturated rings. The Bertz CT molecular complexity index is 525. The van der Waals surface area contributed by atoms with E-state index < -0.39 is 0 Å². The van der Waals surface area contributed by atoms with Crippen LogP contribution in [0.4, 0.5) is 0 Å². The van der Waals surface area contributed by atoms with Gasteiger partial charge in [0, 0.05) is 24.5 Å². The van der Waals surface area contributed by atoms with Crippen molar-refractivity contribution in [3.63, 3.8) is 0 Å². The molecule has 1 N–H and O–H groups in total. The fourth-order valence-electron chi connectivity index (χ4n) is 3.54. The fourth-order valence-corrected chi connectivity index (χ4v) is 4.44. The van der Waals surface area contributed by atoms with Crippen molar-refractivity contribution in [1.82, 2.24) is 10.2 Å². The van der Waals surface area contributed by atoms with Gasteiger partial charge < -0.3 is 15.0 Å². The molecule has 0 unspecified atom stereocenters. The number of hydrogen-bond acceptors (Lipinski definition) is 4. The number of nitrogens with zero attached hydrogens (tertiary/aromatic N) is 1. The lowest BCUT2D eigenvalue weighted by Crippen LogP contribution is -2.40. The van der Waals surface area contributed by atoms with E-state index in [-0.39, 0.29) is 11.2 Å². The number of hydrogen-bond donors (Lipinski definition) is 1. The minimum absolute atomic E-state index is 0.0940. The standard InChI is InChI=1S/C20H32N2O2S/c1-15-12-16(2)14-22(13-15)11-5-10-21-20(23)17(3)25-19-8-6-18(24-4)7-9-19/h6-9,15-17H,5,10-14H2,1-4H3,(H,21,23)/t15-,16-,17-/m1/s1. The molecular weight excluding hydrogens is 332 g/mol. The van der Waals surface area contributed by atoms with Crippen LogP contribution in [-0.2, 0) is 4.79 Å². The van der Waals surface area contributed by atoms with E-state index in [9.17, 15) is 4.79 Å². The molecule has 25 heavy (non-hydrogen) atoms. The molecule has 1 aliphatic rings. The van der Waals surface area contributed by atoms with E-state index >= 15 is 0 Å². The van der Waals surface area contributed by atoms with Crippen LogP contribution in [0.5, 0.6) is 5.75 Å². The van der Waals surface area contributed by atoms with Gasteiger partial charge in [0.25, 0.3) is 0 Å². The number of ether oxygens (including phenoxy) is 1. The largest absolute Gasteiger partial charge is 0.497 e. The quantitative estimate of drug-likeness (QED) is 0.565. The average Bonchev–Trinajstić information content (AvgIpc) is 2.58.